The number of nitrogens with zero attached hydrogens (tertiary/aromatic N) is 1. The maximum absolute atomic E-state index is 11.8. The maximum Gasteiger partial charge on any atom is 0.293 e. The van der Waals surface area contributed by atoms with Gasteiger partial charge in [-0.1, -0.05) is 6.07 Å². The Kier molecular flexibility index (Phi) is 5.20. The molecule has 4 nitrogen and oxygen atoms in total. The molecular weight excluding hydrogens is 280 g/mol. The third-order valence-electron chi connectivity index (χ3n) is 2.04. The van der Waals surface area contributed by atoms with Crippen molar-refractivity contribution in [1.82, 2.24) is 4.90 Å². The molecule has 0 spiro atoms. The van der Waals surface area contributed by atoms with E-state index in [0.717, 1.165) is 16.6 Å². The van der Waals surface area contributed by atoms with Crippen LogP contribution in [-0.2, 0) is 4.79 Å². The average Bonchev–Trinajstić information content (AvgIpc) is 2.84. The minimum Gasteiger partial charge on any atom is -0.329 e. The number of thioether (sulfide) groups is 1. The van der Waals surface area contributed by atoms with E-state index < -0.39 is 0 Å². The van der Waals surface area contributed by atoms with Gasteiger partial charge in [0.15, 0.2) is 0 Å². The van der Waals surface area contributed by atoms with Gasteiger partial charge in [0.05, 0.1) is 4.91 Å². The Balaban J connectivity index is 0.00000144. The van der Waals surface area contributed by atoms with Crippen LogP contribution < -0.4 is 5.73 Å². The smallest absolute Gasteiger partial charge is 0.293 e. The van der Waals surface area contributed by atoms with Crippen molar-refractivity contribution in [3.63, 3.8) is 0 Å². The summed E-state index contributed by atoms with van der Waals surface area (Å²) < 4.78 is 0. The summed E-state index contributed by atoms with van der Waals surface area (Å²) in [5.41, 5.74) is 5.34. The predicted octanol–water partition coefficient (Wildman–Crippen LogP) is 2.16. The lowest BCUT2D eigenvalue weighted by atomic mass is 10.3. The molecule has 1 aliphatic heterocycles. The van der Waals surface area contributed by atoms with Crippen LogP contribution >= 0.6 is 35.5 Å². The second-order valence-electron chi connectivity index (χ2n) is 3.14. The van der Waals surface area contributed by atoms with Gasteiger partial charge < -0.3 is 5.73 Å². The molecule has 7 heteroatoms. The summed E-state index contributed by atoms with van der Waals surface area (Å²) in [6, 6.07) is 3.81. The summed E-state index contributed by atoms with van der Waals surface area (Å²) in [7, 11) is 0. The first-order valence-corrected chi connectivity index (χ1v) is 6.41. The van der Waals surface area contributed by atoms with Crippen molar-refractivity contribution in [3.05, 3.63) is 27.3 Å². The van der Waals surface area contributed by atoms with Crippen LogP contribution in [0.1, 0.15) is 4.88 Å². The van der Waals surface area contributed by atoms with Crippen molar-refractivity contribution in [2.24, 2.45) is 5.73 Å². The molecule has 0 bridgehead atoms. The summed E-state index contributed by atoms with van der Waals surface area (Å²) in [4.78, 5) is 25.9. The highest BCUT2D eigenvalue weighted by Crippen LogP contribution is 2.32. The molecule has 0 saturated carbocycles. The van der Waals surface area contributed by atoms with Gasteiger partial charge in [-0.2, -0.15) is 0 Å². The fourth-order valence-electron chi connectivity index (χ4n) is 1.32. The second kappa shape index (κ2) is 6.20. The summed E-state index contributed by atoms with van der Waals surface area (Å²) >= 11 is 2.50. The Labute approximate surface area is 113 Å². The van der Waals surface area contributed by atoms with Gasteiger partial charge in [0.1, 0.15) is 0 Å². The fraction of sp³-hybridized carbons (Fsp3) is 0.200. The van der Waals surface area contributed by atoms with Crippen molar-refractivity contribution < 1.29 is 9.59 Å². The van der Waals surface area contributed by atoms with Crippen molar-refractivity contribution >= 4 is 52.7 Å². The molecule has 1 aromatic rings. The lowest BCUT2D eigenvalue weighted by Crippen LogP contribution is -2.33. The molecule has 2 heterocycles. The molecule has 2 amide bonds. The Morgan fingerprint density at radius 2 is 2.18 bits per heavy atom. The van der Waals surface area contributed by atoms with E-state index in [-0.39, 0.29) is 30.1 Å². The van der Waals surface area contributed by atoms with E-state index in [9.17, 15) is 9.59 Å². The van der Waals surface area contributed by atoms with E-state index in [1.54, 1.807) is 6.08 Å². The second-order valence-corrected chi connectivity index (χ2v) is 5.11. The molecule has 1 saturated heterocycles. The summed E-state index contributed by atoms with van der Waals surface area (Å²) in [6.45, 7) is 0.580. The van der Waals surface area contributed by atoms with E-state index in [0.29, 0.717) is 11.4 Å². The number of nitrogens with two attached hydrogens (primary N) is 1. The molecule has 0 aliphatic carbocycles. The van der Waals surface area contributed by atoms with Gasteiger partial charge in [0, 0.05) is 18.0 Å². The van der Waals surface area contributed by atoms with E-state index in [1.807, 2.05) is 17.5 Å². The molecule has 0 aromatic carbocycles. The Morgan fingerprint density at radius 3 is 2.76 bits per heavy atom. The molecule has 2 N–H and O–H groups in total. The molecule has 1 aromatic heterocycles. The minimum atomic E-state index is -0.242. The van der Waals surface area contributed by atoms with Crippen molar-refractivity contribution in [3.8, 4) is 0 Å². The fourth-order valence-corrected chi connectivity index (χ4v) is 2.91. The van der Waals surface area contributed by atoms with E-state index in [4.69, 9.17) is 5.73 Å². The molecule has 0 radical (unpaired) electrons. The van der Waals surface area contributed by atoms with Crippen LogP contribution in [0, 0.1) is 0 Å². The van der Waals surface area contributed by atoms with Crippen LogP contribution in [-0.4, -0.2) is 29.1 Å². The molecule has 1 fully saturated rings. The first-order valence-electron chi connectivity index (χ1n) is 4.71. The van der Waals surface area contributed by atoms with Gasteiger partial charge in [0.2, 0.25) is 0 Å². The zero-order chi connectivity index (χ0) is 11.5. The Morgan fingerprint density at radius 1 is 1.41 bits per heavy atom. The largest absolute Gasteiger partial charge is 0.329 e. The number of halogens is 1. The van der Waals surface area contributed by atoms with E-state index >= 15 is 0 Å². The Hall–Kier alpha value is -0.820. The van der Waals surface area contributed by atoms with Crippen LogP contribution in [0.15, 0.2) is 22.4 Å². The van der Waals surface area contributed by atoms with Crippen LogP contribution in [0.4, 0.5) is 4.79 Å². The normalized spacial score (nSPS) is 17.7. The van der Waals surface area contributed by atoms with Gasteiger partial charge >= 0.3 is 0 Å². The van der Waals surface area contributed by atoms with E-state index in [2.05, 4.69) is 0 Å². The topological polar surface area (TPSA) is 63.4 Å². The van der Waals surface area contributed by atoms with Crippen LogP contribution in [0.5, 0.6) is 0 Å². The van der Waals surface area contributed by atoms with Crippen molar-refractivity contribution in [2.75, 3.05) is 13.1 Å². The molecule has 2 rings (SSSR count). The third kappa shape index (κ3) is 3.10. The molecule has 0 unspecified atom stereocenters. The molecule has 1 aliphatic rings. The quantitative estimate of drug-likeness (QED) is 0.867. The van der Waals surface area contributed by atoms with Crippen LogP contribution in [0.2, 0.25) is 0 Å². The predicted molar refractivity (Wildman–Crippen MR) is 73.3 cm³/mol. The average molecular weight is 291 g/mol. The van der Waals surface area contributed by atoms with Crippen molar-refractivity contribution in [2.45, 2.75) is 0 Å². The van der Waals surface area contributed by atoms with Crippen LogP contribution in [0.25, 0.3) is 6.08 Å². The zero-order valence-corrected chi connectivity index (χ0v) is 11.2. The first kappa shape index (κ1) is 14.2. The minimum absolute atomic E-state index is 0. The standard InChI is InChI=1S/C10H10N2O2S2.ClH/c11-3-4-12-9(13)8(16-10(12)14)6-7-2-1-5-15-7;/h1-2,5-6H,3-4,11H2;1H. The lowest BCUT2D eigenvalue weighted by molar-refractivity contribution is -0.122. The number of imide groups is 1. The summed E-state index contributed by atoms with van der Waals surface area (Å²) in [6.07, 6.45) is 1.74. The molecule has 17 heavy (non-hydrogen) atoms. The maximum atomic E-state index is 11.8. The molecule has 92 valence electrons. The van der Waals surface area contributed by atoms with Gasteiger partial charge in [-0.25, -0.2) is 0 Å². The highest BCUT2D eigenvalue weighted by molar-refractivity contribution is 8.18. The third-order valence-corrected chi connectivity index (χ3v) is 3.77. The SMILES string of the molecule is Cl.NCCN1C(=O)SC(=Cc2cccs2)C1=O. The number of carbonyl (C=O) groups excluding carboxylic acids is 2. The van der Waals surface area contributed by atoms with Gasteiger partial charge in [-0.15, -0.1) is 23.7 Å². The highest BCUT2D eigenvalue weighted by Gasteiger charge is 2.34. The number of thiophene rings is 1. The van der Waals surface area contributed by atoms with Gasteiger partial charge in [0.25, 0.3) is 11.1 Å². The van der Waals surface area contributed by atoms with Crippen molar-refractivity contribution in [1.29, 1.82) is 0 Å². The number of hydrogen-bond acceptors (Lipinski definition) is 5. The lowest BCUT2D eigenvalue weighted by Gasteiger charge is -2.09. The summed E-state index contributed by atoms with van der Waals surface area (Å²) in [5, 5.41) is 1.69. The summed E-state index contributed by atoms with van der Waals surface area (Å²) in [5.74, 6) is -0.242. The molecule has 0 atom stereocenters. The number of carbonyl (C=O) groups is 2. The zero-order valence-electron chi connectivity index (χ0n) is 8.79. The number of rotatable bonds is 3. The molecular formula is C10H11ClN2O2S2. The number of amides is 2. The van der Waals surface area contributed by atoms with Crippen LogP contribution in [0.3, 0.4) is 0 Å². The first-order chi connectivity index (χ1) is 7.72. The Bertz CT molecular complexity index is 445. The van der Waals surface area contributed by atoms with E-state index in [1.165, 1.54) is 16.2 Å². The van der Waals surface area contributed by atoms with Gasteiger partial charge in [-0.05, 0) is 29.3 Å². The van der Waals surface area contributed by atoms with Gasteiger partial charge in [-0.3, -0.25) is 14.5 Å². The monoisotopic (exact) mass is 290 g/mol. The number of hydrogen-bond donors (Lipinski definition) is 1. The highest BCUT2D eigenvalue weighted by atomic mass is 35.5.